The highest BCUT2D eigenvalue weighted by Crippen LogP contribution is 2.49. The Kier molecular flexibility index (Phi) is 5.37. The Bertz CT molecular complexity index is 619. The molecule has 0 radical (unpaired) electrons. The molecule has 138 valence electrons. The van der Waals surface area contributed by atoms with Gasteiger partial charge in [0.25, 0.3) is 0 Å². The van der Waals surface area contributed by atoms with Crippen molar-refractivity contribution in [3.05, 3.63) is 17.7 Å². The first-order valence-corrected chi connectivity index (χ1v) is 8.95. The van der Waals surface area contributed by atoms with Crippen LogP contribution in [0.15, 0.2) is 12.1 Å². The van der Waals surface area contributed by atoms with Crippen molar-refractivity contribution in [1.82, 2.24) is 0 Å². The summed E-state index contributed by atoms with van der Waals surface area (Å²) < 4.78 is 22.2. The van der Waals surface area contributed by atoms with Crippen LogP contribution >= 0.6 is 0 Å². The molecule has 1 aromatic rings. The normalized spacial score (nSPS) is 25.8. The van der Waals surface area contributed by atoms with Crippen molar-refractivity contribution in [3.63, 3.8) is 0 Å². The Balaban J connectivity index is 1.85. The Morgan fingerprint density at radius 1 is 1.24 bits per heavy atom. The van der Waals surface area contributed by atoms with Crippen LogP contribution < -0.4 is 14.2 Å². The molecule has 0 unspecified atom stereocenters. The number of methoxy groups -OCH3 is 1. The van der Waals surface area contributed by atoms with Crippen molar-refractivity contribution in [3.8, 4) is 17.2 Å². The lowest BCUT2D eigenvalue weighted by Crippen LogP contribution is -2.35. The van der Waals surface area contributed by atoms with E-state index in [-0.39, 0.29) is 11.9 Å². The third-order valence-corrected chi connectivity index (χ3v) is 5.01. The zero-order chi connectivity index (χ0) is 17.9. The lowest BCUT2D eigenvalue weighted by atomic mass is 9.75. The number of esters is 1. The van der Waals surface area contributed by atoms with Crippen LogP contribution in [0.1, 0.15) is 44.6 Å². The second-order valence-electron chi connectivity index (χ2n) is 6.58. The zero-order valence-corrected chi connectivity index (χ0v) is 14.9. The summed E-state index contributed by atoms with van der Waals surface area (Å²) >= 11 is 0. The second-order valence-corrected chi connectivity index (χ2v) is 6.58. The minimum Gasteiger partial charge on any atom is -0.493 e. The van der Waals surface area contributed by atoms with E-state index >= 15 is 0 Å². The van der Waals surface area contributed by atoms with Crippen molar-refractivity contribution in [1.29, 1.82) is 0 Å². The van der Waals surface area contributed by atoms with E-state index in [1.807, 2.05) is 6.07 Å². The van der Waals surface area contributed by atoms with Gasteiger partial charge < -0.3 is 24.1 Å². The SMILES string of the molecule is CCOC(=O)C1CCC(O)(c2ccc(OC)c3c2OCCCO3)CC1. The molecule has 0 saturated heterocycles. The second kappa shape index (κ2) is 7.52. The fourth-order valence-electron chi connectivity index (χ4n) is 3.62. The Morgan fingerprint density at radius 2 is 1.92 bits per heavy atom. The molecule has 0 atom stereocenters. The molecule has 3 rings (SSSR count). The predicted octanol–water partition coefficient (Wildman–Crippen LogP) is 2.80. The van der Waals surface area contributed by atoms with Crippen molar-refractivity contribution in [2.24, 2.45) is 5.92 Å². The largest absolute Gasteiger partial charge is 0.493 e. The average Bonchev–Trinajstić information content (AvgIpc) is 2.87. The van der Waals surface area contributed by atoms with E-state index < -0.39 is 5.60 Å². The highest BCUT2D eigenvalue weighted by atomic mass is 16.5. The summed E-state index contributed by atoms with van der Waals surface area (Å²) in [7, 11) is 1.59. The summed E-state index contributed by atoms with van der Waals surface area (Å²) in [4.78, 5) is 11.9. The standard InChI is InChI=1S/C19H26O6/c1-3-23-18(20)13-7-9-19(21,10-8-13)14-5-6-15(22-2)17-16(14)24-11-4-12-25-17/h5-6,13,21H,3-4,7-12H2,1-2H3. The van der Waals surface area contributed by atoms with Crippen LogP contribution in [-0.2, 0) is 15.1 Å². The summed E-state index contributed by atoms with van der Waals surface area (Å²) in [5, 5.41) is 11.3. The lowest BCUT2D eigenvalue weighted by Gasteiger charge is -2.36. The average molecular weight is 350 g/mol. The molecule has 0 aromatic heterocycles. The van der Waals surface area contributed by atoms with Gasteiger partial charge in [0, 0.05) is 12.0 Å². The Labute approximate surface area is 148 Å². The highest BCUT2D eigenvalue weighted by molar-refractivity contribution is 5.72. The number of rotatable bonds is 4. The van der Waals surface area contributed by atoms with E-state index in [0.29, 0.717) is 68.3 Å². The molecule has 1 fully saturated rings. The molecule has 25 heavy (non-hydrogen) atoms. The summed E-state index contributed by atoms with van der Waals surface area (Å²) in [6.45, 7) is 3.28. The first-order valence-electron chi connectivity index (χ1n) is 8.95. The van der Waals surface area contributed by atoms with Gasteiger partial charge in [0.05, 0.1) is 38.4 Å². The quantitative estimate of drug-likeness (QED) is 0.842. The van der Waals surface area contributed by atoms with Crippen molar-refractivity contribution >= 4 is 5.97 Å². The van der Waals surface area contributed by atoms with Crippen LogP contribution in [-0.4, -0.2) is 38.0 Å². The number of ether oxygens (including phenoxy) is 4. The molecule has 1 heterocycles. The van der Waals surface area contributed by atoms with E-state index in [2.05, 4.69) is 0 Å². The van der Waals surface area contributed by atoms with Crippen LogP contribution in [0.2, 0.25) is 0 Å². The number of carbonyl (C=O) groups is 1. The molecule has 1 saturated carbocycles. The number of hydrogen-bond donors (Lipinski definition) is 1. The molecule has 2 aliphatic rings. The van der Waals surface area contributed by atoms with Crippen LogP contribution in [0.5, 0.6) is 17.2 Å². The van der Waals surface area contributed by atoms with Gasteiger partial charge >= 0.3 is 5.97 Å². The molecule has 1 aromatic carbocycles. The van der Waals surface area contributed by atoms with Gasteiger partial charge in [-0.2, -0.15) is 0 Å². The first kappa shape index (κ1) is 17.9. The molecule has 0 bridgehead atoms. The van der Waals surface area contributed by atoms with Gasteiger partial charge in [-0.25, -0.2) is 0 Å². The molecule has 1 N–H and O–H groups in total. The van der Waals surface area contributed by atoms with Gasteiger partial charge in [-0.05, 0) is 44.7 Å². The molecular formula is C19H26O6. The number of benzene rings is 1. The van der Waals surface area contributed by atoms with Gasteiger partial charge in [0.2, 0.25) is 5.75 Å². The lowest BCUT2D eigenvalue weighted by molar-refractivity contribution is -0.151. The number of fused-ring (bicyclic) bond motifs is 1. The van der Waals surface area contributed by atoms with E-state index in [4.69, 9.17) is 18.9 Å². The van der Waals surface area contributed by atoms with Crippen LogP contribution in [0, 0.1) is 5.92 Å². The number of hydrogen-bond acceptors (Lipinski definition) is 6. The van der Waals surface area contributed by atoms with Crippen LogP contribution in [0.3, 0.4) is 0 Å². The molecule has 6 heteroatoms. The third-order valence-electron chi connectivity index (χ3n) is 5.01. The topological polar surface area (TPSA) is 74.2 Å². The maximum absolute atomic E-state index is 11.9. The Hall–Kier alpha value is -1.95. The summed E-state index contributed by atoms with van der Waals surface area (Å²) in [6, 6.07) is 3.65. The predicted molar refractivity (Wildman–Crippen MR) is 91.1 cm³/mol. The van der Waals surface area contributed by atoms with Crippen LogP contribution in [0.25, 0.3) is 0 Å². The molecule has 1 aliphatic heterocycles. The Morgan fingerprint density at radius 3 is 2.56 bits per heavy atom. The zero-order valence-electron chi connectivity index (χ0n) is 14.9. The fourth-order valence-corrected chi connectivity index (χ4v) is 3.62. The summed E-state index contributed by atoms with van der Waals surface area (Å²) in [6.07, 6.45) is 2.94. The molecule has 1 aliphatic carbocycles. The van der Waals surface area contributed by atoms with Crippen molar-refractivity contribution < 1.29 is 28.8 Å². The molecule has 6 nitrogen and oxygen atoms in total. The van der Waals surface area contributed by atoms with E-state index in [0.717, 1.165) is 6.42 Å². The van der Waals surface area contributed by atoms with Gasteiger partial charge in [-0.3, -0.25) is 4.79 Å². The minimum atomic E-state index is -1.03. The molecule has 0 spiro atoms. The molecule has 0 amide bonds. The van der Waals surface area contributed by atoms with Crippen molar-refractivity contribution in [2.45, 2.75) is 44.6 Å². The van der Waals surface area contributed by atoms with E-state index in [1.54, 1.807) is 20.1 Å². The maximum Gasteiger partial charge on any atom is 0.308 e. The van der Waals surface area contributed by atoms with Crippen LogP contribution in [0.4, 0.5) is 0 Å². The van der Waals surface area contributed by atoms with E-state index in [9.17, 15) is 9.90 Å². The van der Waals surface area contributed by atoms with Gasteiger partial charge in [0.15, 0.2) is 11.5 Å². The summed E-state index contributed by atoms with van der Waals surface area (Å²) in [5.41, 5.74) is -0.319. The summed E-state index contributed by atoms with van der Waals surface area (Å²) in [5.74, 6) is 1.41. The molecular weight excluding hydrogens is 324 g/mol. The third kappa shape index (κ3) is 3.54. The first-order chi connectivity index (χ1) is 12.1. The van der Waals surface area contributed by atoms with Gasteiger partial charge in [0.1, 0.15) is 0 Å². The monoisotopic (exact) mass is 350 g/mol. The fraction of sp³-hybridized carbons (Fsp3) is 0.632. The van der Waals surface area contributed by atoms with Crippen molar-refractivity contribution in [2.75, 3.05) is 26.9 Å². The number of carbonyl (C=O) groups excluding carboxylic acids is 1. The highest BCUT2D eigenvalue weighted by Gasteiger charge is 2.41. The smallest absolute Gasteiger partial charge is 0.308 e. The van der Waals surface area contributed by atoms with E-state index in [1.165, 1.54) is 0 Å². The minimum absolute atomic E-state index is 0.144. The van der Waals surface area contributed by atoms with Gasteiger partial charge in [-0.15, -0.1) is 0 Å². The maximum atomic E-state index is 11.9. The number of aliphatic hydroxyl groups is 1. The van der Waals surface area contributed by atoms with Gasteiger partial charge in [-0.1, -0.05) is 0 Å².